The first-order chi connectivity index (χ1) is 8.64. The highest BCUT2D eigenvalue weighted by Gasteiger charge is 2.25. The van der Waals surface area contributed by atoms with Crippen LogP contribution in [-0.4, -0.2) is 11.7 Å². The molecule has 2 rings (SSSR count). The summed E-state index contributed by atoms with van der Waals surface area (Å²) in [6.07, 6.45) is 0. The second-order valence-corrected chi connectivity index (χ2v) is 6.38. The summed E-state index contributed by atoms with van der Waals surface area (Å²) in [6.45, 7) is 2.85. The number of halogens is 1. The smallest absolute Gasteiger partial charge is 0.0652 e. The third-order valence-corrected chi connectivity index (χ3v) is 4.38. The first-order valence-corrected chi connectivity index (χ1v) is 7.46. The molecule has 0 bridgehead atoms. The molecule has 0 aliphatic heterocycles. The van der Waals surface area contributed by atoms with Crippen molar-refractivity contribution >= 4 is 27.3 Å². The van der Waals surface area contributed by atoms with Crippen LogP contribution in [0.3, 0.4) is 0 Å². The molecule has 4 heteroatoms. The number of aliphatic hydroxyl groups is 1. The van der Waals surface area contributed by atoms with E-state index in [4.69, 9.17) is 0 Å². The zero-order valence-electron chi connectivity index (χ0n) is 10.2. The van der Waals surface area contributed by atoms with E-state index >= 15 is 0 Å². The van der Waals surface area contributed by atoms with Crippen LogP contribution in [0.1, 0.15) is 17.4 Å². The Hall–Kier alpha value is -0.680. The fraction of sp³-hybridized carbons (Fsp3) is 0.286. The molecule has 0 fully saturated rings. The predicted molar refractivity (Wildman–Crippen MR) is 79.7 cm³/mol. The molecular weight excluding hydrogens is 310 g/mol. The molecule has 96 valence electrons. The minimum absolute atomic E-state index is 0.0643. The van der Waals surface area contributed by atoms with Gasteiger partial charge in [-0.2, -0.15) is 0 Å². The first-order valence-electron chi connectivity index (χ1n) is 5.78. The Labute approximate surface area is 120 Å². The molecule has 1 unspecified atom stereocenters. The van der Waals surface area contributed by atoms with Crippen LogP contribution >= 0.6 is 27.3 Å². The van der Waals surface area contributed by atoms with Crippen molar-refractivity contribution < 1.29 is 5.11 Å². The van der Waals surface area contributed by atoms with Gasteiger partial charge in [-0.1, -0.05) is 34.1 Å². The van der Waals surface area contributed by atoms with Gasteiger partial charge in [-0.05, 0) is 36.1 Å². The minimum Gasteiger partial charge on any atom is -0.394 e. The van der Waals surface area contributed by atoms with E-state index in [0.717, 1.165) is 16.6 Å². The van der Waals surface area contributed by atoms with Crippen LogP contribution in [0.4, 0.5) is 0 Å². The van der Waals surface area contributed by atoms with Gasteiger partial charge in [0.05, 0.1) is 12.1 Å². The summed E-state index contributed by atoms with van der Waals surface area (Å²) in [5, 5.41) is 15.2. The maximum absolute atomic E-state index is 9.68. The van der Waals surface area contributed by atoms with Crippen LogP contribution in [0.25, 0.3) is 0 Å². The highest BCUT2D eigenvalue weighted by atomic mass is 79.9. The van der Waals surface area contributed by atoms with Gasteiger partial charge in [-0.25, -0.2) is 0 Å². The van der Waals surface area contributed by atoms with Gasteiger partial charge in [0.2, 0.25) is 0 Å². The fourth-order valence-corrected chi connectivity index (χ4v) is 2.82. The molecule has 0 aliphatic carbocycles. The third-order valence-electron chi connectivity index (χ3n) is 3.01. The lowest BCUT2D eigenvalue weighted by Crippen LogP contribution is -2.42. The number of hydrogen-bond acceptors (Lipinski definition) is 3. The molecule has 0 spiro atoms. The highest BCUT2D eigenvalue weighted by Crippen LogP contribution is 2.24. The predicted octanol–water partition coefficient (Wildman–Crippen LogP) is 3.51. The summed E-state index contributed by atoms with van der Waals surface area (Å²) in [5.41, 5.74) is 0.657. The molecule has 0 amide bonds. The van der Waals surface area contributed by atoms with Gasteiger partial charge in [0, 0.05) is 15.9 Å². The largest absolute Gasteiger partial charge is 0.394 e. The van der Waals surface area contributed by atoms with Crippen molar-refractivity contribution in [2.75, 3.05) is 6.61 Å². The minimum atomic E-state index is -0.423. The molecule has 1 aromatic carbocycles. The summed E-state index contributed by atoms with van der Waals surface area (Å²) < 4.78 is 1.03. The lowest BCUT2D eigenvalue weighted by molar-refractivity contribution is 0.174. The average molecular weight is 326 g/mol. The van der Waals surface area contributed by atoms with Crippen molar-refractivity contribution in [3.63, 3.8) is 0 Å². The van der Waals surface area contributed by atoms with Crippen molar-refractivity contribution in [3.05, 3.63) is 56.7 Å². The van der Waals surface area contributed by atoms with Gasteiger partial charge in [0.15, 0.2) is 0 Å². The standard InChI is InChI=1S/C14H16BrNOS/c1-14(10-17,11-4-2-5-12(15)8-11)16-9-13-6-3-7-18-13/h2-8,16-17H,9-10H2,1H3. The van der Waals surface area contributed by atoms with Crippen LogP contribution in [0.5, 0.6) is 0 Å². The van der Waals surface area contributed by atoms with E-state index in [1.807, 2.05) is 37.3 Å². The van der Waals surface area contributed by atoms with Gasteiger partial charge >= 0.3 is 0 Å². The van der Waals surface area contributed by atoms with E-state index in [-0.39, 0.29) is 6.61 Å². The zero-order chi connectivity index (χ0) is 13.0. The number of thiophene rings is 1. The molecule has 0 saturated carbocycles. The van der Waals surface area contributed by atoms with Crippen LogP contribution in [0.15, 0.2) is 46.3 Å². The molecule has 0 saturated heterocycles. The van der Waals surface area contributed by atoms with Crippen LogP contribution in [-0.2, 0) is 12.1 Å². The van der Waals surface area contributed by atoms with Crippen LogP contribution in [0, 0.1) is 0 Å². The quantitative estimate of drug-likeness (QED) is 0.881. The van der Waals surface area contributed by atoms with Crippen LogP contribution in [0.2, 0.25) is 0 Å². The van der Waals surface area contributed by atoms with Gasteiger partial charge in [-0.3, -0.25) is 0 Å². The second kappa shape index (κ2) is 5.97. The summed E-state index contributed by atoms with van der Waals surface area (Å²) in [6, 6.07) is 12.2. The maximum Gasteiger partial charge on any atom is 0.0652 e. The Morgan fingerprint density at radius 2 is 2.17 bits per heavy atom. The van der Waals surface area contributed by atoms with E-state index in [1.54, 1.807) is 11.3 Å². The van der Waals surface area contributed by atoms with Crippen molar-refractivity contribution in [1.29, 1.82) is 0 Å². The molecule has 1 atom stereocenters. The van der Waals surface area contributed by atoms with E-state index in [2.05, 4.69) is 32.7 Å². The molecular formula is C14H16BrNOS. The lowest BCUT2D eigenvalue weighted by atomic mass is 9.93. The fourth-order valence-electron chi connectivity index (χ4n) is 1.78. The van der Waals surface area contributed by atoms with Gasteiger partial charge in [0.1, 0.15) is 0 Å². The molecule has 1 heterocycles. The summed E-state index contributed by atoms with van der Waals surface area (Å²) >= 11 is 5.19. The van der Waals surface area contributed by atoms with E-state index in [0.29, 0.717) is 0 Å². The second-order valence-electron chi connectivity index (χ2n) is 4.43. The number of rotatable bonds is 5. The zero-order valence-corrected chi connectivity index (χ0v) is 12.6. The lowest BCUT2D eigenvalue weighted by Gasteiger charge is -2.29. The number of benzene rings is 1. The molecule has 2 N–H and O–H groups in total. The Kier molecular flexibility index (Phi) is 4.56. The van der Waals surface area contributed by atoms with Crippen LogP contribution < -0.4 is 5.32 Å². The molecule has 1 aromatic heterocycles. The Morgan fingerprint density at radius 1 is 1.33 bits per heavy atom. The van der Waals surface area contributed by atoms with E-state index in [9.17, 15) is 5.11 Å². The third kappa shape index (κ3) is 3.20. The van der Waals surface area contributed by atoms with Crippen molar-refractivity contribution in [2.45, 2.75) is 19.0 Å². The highest BCUT2D eigenvalue weighted by molar-refractivity contribution is 9.10. The average Bonchev–Trinajstić information content (AvgIpc) is 2.89. The Balaban J connectivity index is 2.14. The summed E-state index contributed by atoms with van der Waals surface area (Å²) in [7, 11) is 0. The summed E-state index contributed by atoms with van der Waals surface area (Å²) in [5.74, 6) is 0. The van der Waals surface area contributed by atoms with E-state index in [1.165, 1.54) is 4.88 Å². The molecule has 18 heavy (non-hydrogen) atoms. The number of hydrogen-bond donors (Lipinski definition) is 2. The summed E-state index contributed by atoms with van der Waals surface area (Å²) in [4.78, 5) is 1.27. The van der Waals surface area contributed by atoms with Gasteiger partial charge in [0.25, 0.3) is 0 Å². The number of aliphatic hydroxyl groups excluding tert-OH is 1. The van der Waals surface area contributed by atoms with Crippen molar-refractivity contribution in [3.8, 4) is 0 Å². The Bertz CT molecular complexity index is 500. The normalized spacial score (nSPS) is 14.4. The topological polar surface area (TPSA) is 32.3 Å². The monoisotopic (exact) mass is 325 g/mol. The van der Waals surface area contributed by atoms with Gasteiger partial charge < -0.3 is 10.4 Å². The molecule has 2 nitrogen and oxygen atoms in total. The maximum atomic E-state index is 9.68. The van der Waals surface area contributed by atoms with Crippen molar-refractivity contribution in [2.24, 2.45) is 0 Å². The number of nitrogens with one attached hydrogen (secondary N) is 1. The van der Waals surface area contributed by atoms with E-state index < -0.39 is 5.54 Å². The Morgan fingerprint density at radius 3 is 2.78 bits per heavy atom. The first kappa shape index (κ1) is 13.7. The molecule has 2 aromatic rings. The molecule has 0 aliphatic rings. The SMILES string of the molecule is CC(CO)(NCc1cccs1)c1cccc(Br)c1. The van der Waals surface area contributed by atoms with Gasteiger partial charge in [-0.15, -0.1) is 11.3 Å². The molecule has 0 radical (unpaired) electrons. The van der Waals surface area contributed by atoms with Crippen molar-refractivity contribution in [1.82, 2.24) is 5.32 Å².